The number of methoxy groups -OCH3 is 1. The Morgan fingerprint density at radius 3 is 2.76 bits per heavy atom. The van der Waals surface area contributed by atoms with Crippen LogP contribution in [0.25, 0.3) is 9.88 Å². The number of amides is 3. The molecule has 34 heavy (non-hydrogen) atoms. The Morgan fingerprint density at radius 2 is 2.03 bits per heavy atom. The van der Waals surface area contributed by atoms with Crippen LogP contribution in [-0.2, 0) is 31.1 Å². The van der Waals surface area contributed by atoms with E-state index in [0.29, 0.717) is 13.0 Å². The average Bonchev–Trinajstić information content (AvgIpc) is 3.55. The van der Waals surface area contributed by atoms with Crippen molar-refractivity contribution < 1.29 is 19.1 Å². The van der Waals surface area contributed by atoms with E-state index in [2.05, 4.69) is 10.3 Å². The quantitative estimate of drug-likeness (QED) is 0.339. The van der Waals surface area contributed by atoms with Crippen LogP contribution in [0.5, 0.6) is 0 Å². The zero-order valence-corrected chi connectivity index (χ0v) is 20.8. The zero-order chi connectivity index (χ0) is 24.1. The SMILES string of the molecule is COCCCN1C(=O)CC(CC(=O)NCc2csc(-c3cccs3)n2)(c2ccccc2C)C1=O. The largest absolute Gasteiger partial charge is 0.385 e. The number of benzene rings is 1. The van der Waals surface area contributed by atoms with Gasteiger partial charge in [-0.15, -0.1) is 22.7 Å². The molecule has 0 aliphatic carbocycles. The topological polar surface area (TPSA) is 88.6 Å². The summed E-state index contributed by atoms with van der Waals surface area (Å²) >= 11 is 3.15. The van der Waals surface area contributed by atoms with Crippen LogP contribution in [-0.4, -0.2) is 47.9 Å². The summed E-state index contributed by atoms with van der Waals surface area (Å²) in [7, 11) is 1.58. The van der Waals surface area contributed by atoms with Gasteiger partial charge in [0.15, 0.2) is 0 Å². The number of hydrogen-bond donors (Lipinski definition) is 1. The second kappa shape index (κ2) is 10.6. The number of rotatable bonds is 10. The molecule has 0 radical (unpaired) electrons. The van der Waals surface area contributed by atoms with E-state index in [-0.39, 0.29) is 43.7 Å². The van der Waals surface area contributed by atoms with Crippen LogP contribution in [0.1, 0.15) is 36.1 Å². The number of likely N-dealkylation sites (tertiary alicyclic amines) is 1. The Morgan fingerprint density at radius 1 is 1.21 bits per heavy atom. The maximum atomic E-state index is 13.6. The first-order valence-corrected chi connectivity index (χ1v) is 12.9. The van der Waals surface area contributed by atoms with Crippen LogP contribution < -0.4 is 5.32 Å². The smallest absolute Gasteiger partial charge is 0.240 e. The van der Waals surface area contributed by atoms with Crippen molar-refractivity contribution in [3.63, 3.8) is 0 Å². The van der Waals surface area contributed by atoms with Crippen molar-refractivity contribution in [3.8, 4) is 9.88 Å². The minimum atomic E-state index is -1.20. The summed E-state index contributed by atoms with van der Waals surface area (Å²) < 4.78 is 5.07. The highest BCUT2D eigenvalue weighted by Crippen LogP contribution is 2.41. The number of hydrogen-bond acceptors (Lipinski definition) is 7. The zero-order valence-electron chi connectivity index (χ0n) is 19.2. The molecular weight excluding hydrogens is 470 g/mol. The number of aryl methyl sites for hydroxylation is 1. The van der Waals surface area contributed by atoms with E-state index in [1.807, 2.05) is 54.1 Å². The van der Waals surface area contributed by atoms with E-state index in [0.717, 1.165) is 26.7 Å². The van der Waals surface area contributed by atoms with Gasteiger partial charge in [0.05, 0.1) is 22.5 Å². The van der Waals surface area contributed by atoms with E-state index in [1.54, 1.807) is 18.4 Å². The van der Waals surface area contributed by atoms with Gasteiger partial charge < -0.3 is 10.1 Å². The lowest BCUT2D eigenvalue weighted by Gasteiger charge is -2.28. The maximum absolute atomic E-state index is 13.6. The fourth-order valence-corrected chi connectivity index (χ4v) is 6.01. The first-order valence-electron chi connectivity index (χ1n) is 11.1. The number of nitrogens with zero attached hydrogens (tertiary/aromatic N) is 2. The van der Waals surface area contributed by atoms with Gasteiger partial charge in [-0.1, -0.05) is 30.3 Å². The van der Waals surface area contributed by atoms with Gasteiger partial charge in [-0.05, 0) is 35.9 Å². The van der Waals surface area contributed by atoms with Gasteiger partial charge in [-0.25, -0.2) is 4.98 Å². The predicted molar refractivity (Wildman–Crippen MR) is 133 cm³/mol. The minimum Gasteiger partial charge on any atom is -0.385 e. The van der Waals surface area contributed by atoms with Crippen molar-refractivity contribution in [1.82, 2.24) is 15.2 Å². The Balaban J connectivity index is 1.51. The van der Waals surface area contributed by atoms with Gasteiger partial charge in [0.1, 0.15) is 5.01 Å². The third-order valence-corrected chi connectivity index (χ3v) is 7.94. The molecule has 1 aromatic carbocycles. The van der Waals surface area contributed by atoms with Crippen LogP contribution in [0, 0.1) is 6.92 Å². The van der Waals surface area contributed by atoms with Crippen molar-refractivity contribution in [3.05, 3.63) is 64.0 Å². The highest BCUT2D eigenvalue weighted by atomic mass is 32.1. The lowest BCUT2D eigenvalue weighted by atomic mass is 9.74. The van der Waals surface area contributed by atoms with Crippen LogP contribution in [0.15, 0.2) is 47.2 Å². The van der Waals surface area contributed by atoms with E-state index >= 15 is 0 Å². The number of aromatic nitrogens is 1. The lowest BCUT2D eigenvalue weighted by Crippen LogP contribution is -2.43. The van der Waals surface area contributed by atoms with Gasteiger partial charge >= 0.3 is 0 Å². The van der Waals surface area contributed by atoms with Crippen LogP contribution in [0.4, 0.5) is 0 Å². The minimum absolute atomic E-state index is 0.0175. The number of nitrogens with one attached hydrogen (secondary N) is 1. The molecule has 1 fully saturated rings. The fraction of sp³-hybridized carbons (Fsp3) is 0.360. The molecule has 4 rings (SSSR count). The molecule has 1 unspecified atom stereocenters. The van der Waals surface area contributed by atoms with Crippen molar-refractivity contribution in [2.75, 3.05) is 20.3 Å². The summed E-state index contributed by atoms with van der Waals surface area (Å²) in [4.78, 5) is 46.5. The molecular formula is C25H27N3O4S2. The van der Waals surface area contributed by atoms with Gasteiger partial charge in [-0.3, -0.25) is 19.3 Å². The molecule has 0 spiro atoms. The lowest BCUT2D eigenvalue weighted by molar-refractivity contribution is -0.141. The second-order valence-electron chi connectivity index (χ2n) is 8.35. The van der Waals surface area contributed by atoms with E-state index < -0.39 is 5.41 Å². The van der Waals surface area contributed by atoms with Gasteiger partial charge in [-0.2, -0.15) is 0 Å². The number of thiazole rings is 1. The first-order chi connectivity index (χ1) is 16.4. The molecule has 2 aromatic heterocycles. The highest BCUT2D eigenvalue weighted by Gasteiger charge is 2.53. The molecule has 3 heterocycles. The molecule has 1 saturated heterocycles. The summed E-state index contributed by atoms with van der Waals surface area (Å²) in [6, 6.07) is 11.5. The predicted octanol–water partition coefficient (Wildman–Crippen LogP) is 3.92. The second-order valence-corrected chi connectivity index (χ2v) is 10.2. The normalized spacial score (nSPS) is 18.0. The third kappa shape index (κ3) is 4.96. The van der Waals surface area contributed by atoms with Gasteiger partial charge in [0.25, 0.3) is 0 Å². The Hall–Kier alpha value is -2.88. The Kier molecular flexibility index (Phi) is 7.55. The van der Waals surface area contributed by atoms with Crippen molar-refractivity contribution in [2.24, 2.45) is 0 Å². The monoisotopic (exact) mass is 497 g/mol. The molecule has 1 atom stereocenters. The summed E-state index contributed by atoms with van der Waals surface area (Å²) in [5.41, 5.74) is 1.17. The summed E-state index contributed by atoms with van der Waals surface area (Å²) in [5, 5.41) is 7.75. The Labute approximate surface area is 206 Å². The molecule has 3 aromatic rings. The van der Waals surface area contributed by atoms with Gasteiger partial charge in [0, 0.05) is 38.5 Å². The third-order valence-electron chi connectivity index (χ3n) is 6.01. The van der Waals surface area contributed by atoms with Crippen molar-refractivity contribution >= 4 is 40.4 Å². The average molecular weight is 498 g/mol. The van der Waals surface area contributed by atoms with Crippen LogP contribution in [0.2, 0.25) is 0 Å². The molecule has 0 bridgehead atoms. The number of imide groups is 1. The standard InChI is InChI=1S/C25H27N3O4S2/c1-17-7-3-4-8-19(17)25(14-22(30)28(24(25)31)10-6-11-32-2)13-21(29)26-15-18-16-34-23(27-18)20-9-5-12-33-20/h3-5,7-9,12,16H,6,10-11,13-15H2,1-2H3,(H,26,29). The van der Waals surface area contributed by atoms with Crippen molar-refractivity contribution in [1.29, 1.82) is 0 Å². The number of carbonyl (C=O) groups excluding carboxylic acids is 3. The van der Waals surface area contributed by atoms with E-state index in [9.17, 15) is 14.4 Å². The van der Waals surface area contributed by atoms with E-state index in [4.69, 9.17) is 4.74 Å². The molecule has 1 aliphatic heterocycles. The molecule has 1 aliphatic rings. The number of carbonyl (C=O) groups is 3. The molecule has 0 saturated carbocycles. The van der Waals surface area contributed by atoms with Gasteiger partial charge in [0.2, 0.25) is 17.7 Å². The Bertz CT molecular complexity index is 1170. The molecule has 178 valence electrons. The molecule has 1 N–H and O–H groups in total. The first kappa shape index (κ1) is 24.3. The summed E-state index contributed by atoms with van der Waals surface area (Å²) in [6.07, 6.45) is 0.446. The van der Waals surface area contributed by atoms with Crippen LogP contribution in [0.3, 0.4) is 0 Å². The van der Waals surface area contributed by atoms with Crippen molar-refractivity contribution in [2.45, 2.75) is 38.1 Å². The van der Waals surface area contributed by atoms with E-state index in [1.165, 1.54) is 16.2 Å². The number of thiophene rings is 1. The summed E-state index contributed by atoms with van der Waals surface area (Å²) in [5.74, 6) is -0.849. The van der Waals surface area contributed by atoms with Crippen LogP contribution >= 0.6 is 22.7 Å². The molecule has 9 heteroatoms. The highest BCUT2D eigenvalue weighted by molar-refractivity contribution is 7.20. The molecule has 7 nitrogen and oxygen atoms in total. The number of ether oxygens (including phenoxy) is 1. The summed E-state index contributed by atoms with van der Waals surface area (Å²) in [6.45, 7) is 2.91. The molecule has 3 amide bonds. The fourth-order valence-electron chi connectivity index (χ4n) is 4.37. The maximum Gasteiger partial charge on any atom is 0.240 e.